The number of benzene rings is 1. The summed E-state index contributed by atoms with van der Waals surface area (Å²) in [6.45, 7) is 4.39. The molecule has 2 aromatic rings. The second-order valence-electron chi connectivity index (χ2n) is 5.16. The van der Waals surface area contributed by atoms with Crippen LogP contribution in [0.25, 0.3) is 16.7 Å². The molecule has 3 heteroatoms. The highest BCUT2D eigenvalue weighted by Crippen LogP contribution is 2.35. The van der Waals surface area contributed by atoms with Crippen molar-refractivity contribution in [2.75, 3.05) is 0 Å². The number of alkyl halides is 1. The van der Waals surface area contributed by atoms with Gasteiger partial charge in [-0.1, -0.05) is 38.1 Å². The van der Waals surface area contributed by atoms with Crippen molar-refractivity contribution in [1.29, 1.82) is 0 Å². The van der Waals surface area contributed by atoms with Gasteiger partial charge in [0, 0.05) is 0 Å². The Kier molecular flexibility index (Phi) is 3.19. The number of rotatable bonds is 1. The summed E-state index contributed by atoms with van der Waals surface area (Å²) in [5, 5.41) is 0.00497. The number of hydrogen-bond acceptors (Lipinski definition) is 2. The van der Waals surface area contributed by atoms with Gasteiger partial charge in [-0.15, -0.1) is 11.6 Å². The number of fused-ring (bicyclic) bond motifs is 1. The molecule has 0 saturated heterocycles. The van der Waals surface area contributed by atoms with Crippen molar-refractivity contribution in [1.82, 2.24) is 4.98 Å². The second-order valence-corrected chi connectivity index (χ2v) is 5.63. The summed E-state index contributed by atoms with van der Waals surface area (Å²) in [5.74, 6) is 0.877. The van der Waals surface area contributed by atoms with Gasteiger partial charge < -0.3 is 4.42 Å². The Morgan fingerprint density at radius 3 is 2.95 bits per heavy atom. The molecule has 1 aromatic carbocycles. The van der Waals surface area contributed by atoms with Crippen LogP contribution in [-0.4, -0.2) is 10.4 Å². The van der Waals surface area contributed by atoms with Crippen LogP contribution in [0.1, 0.15) is 19.4 Å². The molecular formula is C16H16ClNO. The van der Waals surface area contributed by atoms with E-state index in [9.17, 15) is 0 Å². The summed E-state index contributed by atoms with van der Waals surface area (Å²) in [4.78, 5) is 4.14. The molecule has 3 atom stereocenters. The molecule has 1 unspecified atom stereocenters. The van der Waals surface area contributed by atoms with Crippen molar-refractivity contribution in [3.05, 3.63) is 48.4 Å². The van der Waals surface area contributed by atoms with Crippen LogP contribution in [0.15, 0.2) is 47.2 Å². The maximum Gasteiger partial charge on any atom is 0.181 e. The lowest BCUT2D eigenvalue weighted by Crippen LogP contribution is -2.18. The van der Waals surface area contributed by atoms with Crippen molar-refractivity contribution in [2.45, 2.75) is 19.2 Å². The number of nitrogens with zero attached hydrogens (tertiary/aromatic N) is 1. The average molecular weight is 274 g/mol. The summed E-state index contributed by atoms with van der Waals surface area (Å²) in [7, 11) is 0. The molecule has 1 aromatic heterocycles. The molecule has 1 aliphatic carbocycles. The van der Waals surface area contributed by atoms with Gasteiger partial charge in [-0.3, -0.25) is 0 Å². The van der Waals surface area contributed by atoms with Crippen LogP contribution in [0.2, 0.25) is 0 Å². The zero-order valence-electron chi connectivity index (χ0n) is 11.0. The number of hydrogen-bond donors (Lipinski definition) is 0. The smallest absolute Gasteiger partial charge is 0.181 e. The first kappa shape index (κ1) is 12.5. The van der Waals surface area contributed by atoms with E-state index in [0.29, 0.717) is 11.8 Å². The lowest BCUT2D eigenvalue weighted by atomic mass is 9.88. The van der Waals surface area contributed by atoms with E-state index in [-0.39, 0.29) is 5.38 Å². The highest BCUT2D eigenvalue weighted by atomic mass is 35.5. The molecule has 98 valence electrons. The largest absolute Gasteiger partial charge is 0.443 e. The quantitative estimate of drug-likeness (QED) is 0.706. The van der Waals surface area contributed by atoms with Crippen LogP contribution in [-0.2, 0) is 0 Å². The topological polar surface area (TPSA) is 26.0 Å². The number of aromatic nitrogens is 1. The van der Waals surface area contributed by atoms with Crippen LogP contribution in [0.3, 0.4) is 0 Å². The van der Waals surface area contributed by atoms with E-state index in [1.54, 1.807) is 0 Å². The van der Waals surface area contributed by atoms with Gasteiger partial charge in [0.05, 0.1) is 5.38 Å². The SMILES string of the molecule is CC1[C@H](Cl)C(c2ccc3ncoc3c2)=CC=C[C@@H]1C. The van der Waals surface area contributed by atoms with Gasteiger partial charge in [-0.2, -0.15) is 0 Å². The average Bonchev–Trinajstić information content (AvgIpc) is 2.84. The van der Waals surface area contributed by atoms with E-state index in [1.807, 2.05) is 12.1 Å². The van der Waals surface area contributed by atoms with Crippen molar-refractivity contribution < 1.29 is 4.42 Å². The van der Waals surface area contributed by atoms with Gasteiger partial charge in [0.25, 0.3) is 0 Å². The standard InChI is InChI=1S/C16H16ClNO/c1-10-4-3-5-13(16(17)11(10)2)12-6-7-14-15(8-12)19-9-18-14/h3-11,16H,1-2H3/t10-,11?,16-/m0/s1. The summed E-state index contributed by atoms with van der Waals surface area (Å²) in [6, 6.07) is 6.05. The Balaban J connectivity index is 2.04. The van der Waals surface area contributed by atoms with Gasteiger partial charge in [0.15, 0.2) is 12.0 Å². The van der Waals surface area contributed by atoms with Gasteiger partial charge in [-0.05, 0) is 35.1 Å². The van der Waals surface area contributed by atoms with Crippen molar-refractivity contribution >= 4 is 28.3 Å². The molecule has 0 bridgehead atoms. The molecule has 2 nitrogen and oxygen atoms in total. The van der Waals surface area contributed by atoms with Crippen LogP contribution in [0.5, 0.6) is 0 Å². The van der Waals surface area contributed by atoms with Crippen LogP contribution in [0.4, 0.5) is 0 Å². The third kappa shape index (κ3) is 2.21. The van der Waals surface area contributed by atoms with E-state index < -0.39 is 0 Å². The Bertz CT molecular complexity index is 656. The summed E-state index contributed by atoms with van der Waals surface area (Å²) in [5.41, 5.74) is 3.93. The van der Waals surface area contributed by atoms with E-state index >= 15 is 0 Å². The molecule has 3 rings (SSSR count). The van der Waals surface area contributed by atoms with Gasteiger partial charge in [0.1, 0.15) is 5.52 Å². The maximum atomic E-state index is 6.64. The molecule has 1 heterocycles. The molecule has 0 aliphatic heterocycles. The maximum absolute atomic E-state index is 6.64. The normalized spacial score (nSPS) is 27.3. The number of halogens is 1. The fourth-order valence-electron chi connectivity index (χ4n) is 2.44. The van der Waals surface area contributed by atoms with Gasteiger partial charge in [-0.25, -0.2) is 4.98 Å². The predicted molar refractivity (Wildman–Crippen MR) is 79.1 cm³/mol. The zero-order valence-corrected chi connectivity index (χ0v) is 11.8. The fraction of sp³-hybridized carbons (Fsp3) is 0.312. The van der Waals surface area contributed by atoms with E-state index in [1.165, 1.54) is 6.39 Å². The fourth-order valence-corrected chi connectivity index (χ4v) is 2.87. The van der Waals surface area contributed by atoms with E-state index in [2.05, 4.69) is 43.1 Å². The zero-order chi connectivity index (χ0) is 13.4. The number of oxazole rings is 1. The molecule has 0 fully saturated rings. The molecule has 0 saturated carbocycles. The predicted octanol–water partition coefficient (Wildman–Crippen LogP) is 4.66. The lowest BCUT2D eigenvalue weighted by Gasteiger charge is -2.23. The monoisotopic (exact) mass is 273 g/mol. The summed E-state index contributed by atoms with van der Waals surface area (Å²) >= 11 is 6.64. The lowest BCUT2D eigenvalue weighted by molar-refractivity contribution is 0.479. The molecule has 0 radical (unpaired) electrons. The van der Waals surface area contributed by atoms with E-state index in [0.717, 1.165) is 22.2 Å². The van der Waals surface area contributed by atoms with Crippen LogP contribution in [0, 0.1) is 11.8 Å². The van der Waals surface area contributed by atoms with Crippen LogP contribution >= 0.6 is 11.6 Å². The third-order valence-corrected chi connectivity index (χ3v) is 4.58. The number of allylic oxidation sites excluding steroid dienone is 4. The minimum Gasteiger partial charge on any atom is -0.443 e. The summed E-state index contributed by atoms with van der Waals surface area (Å²) < 4.78 is 5.36. The minimum atomic E-state index is 0.00497. The Hall–Kier alpha value is -1.54. The van der Waals surface area contributed by atoms with E-state index in [4.69, 9.17) is 16.0 Å². The Morgan fingerprint density at radius 2 is 2.11 bits per heavy atom. The molecule has 0 amide bonds. The highest BCUT2D eigenvalue weighted by molar-refractivity contribution is 6.26. The first-order valence-corrected chi connectivity index (χ1v) is 6.96. The molecular weight excluding hydrogens is 258 g/mol. The van der Waals surface area contributed by atoms with Crippen molar-refractivity contribution in [3.8, 4) is 0 Å². The van der Waals surface area contributed by atoms with Crippen LogP contribution < -0.4 is 0 Å². The van der Waals surface area contributed by atoms with Crippen molar-refractivity contribution in [2.24, 2.45) is 11.8 Å². The van der Waals surface area contributed by atoms with Gasteiger partial charge >= 0.3 is 0 Å². The summed E-state index contributed by atoms with van der Waals surface area (Å²) in [6.07, 6.45) is 7.89. The van der Waals surface area contributed by atoms with Gasteiger partial charge in [0.2, 0.25) is 0 Å². The first-order valence-electron chi connectivity index (χ1n) is 6.53. The second kappa shape index (κ2) is 4.86. The Labute approximate surface area is 117 Å². The minimum absolute atomic E-state index is 0.00497. The highest BCUT2D eigenvalue weighted by Gasteiger charge is 2.25. The van der Waals surface area contributed by atoms with Crippen molar-refractivity contribution in [3.63, 3.8) is 0 Å². The first-order chi connectivity index (χ1) is 9.16. The third-order valence-electron chi connectivity index (χ3n) is 3.94. The molecule has 0 N–H and O–H groups in total. The molecule has 1 aliphatic rings. The molecule has 0 spiro atoms. The molecule has 19 heavy (non-hydrogen) atoms. The Morgan fingerprint density at radius 1 is 1.26 bits per heavy atom.